The number of Topliss-reactive ketones (excluding diaryl/α,β-unsaturated/α-hetero) is 3. The van der Waals surface area contributed by atoms with Gasteiger partial charge in [0.15, 0.2) is 11.6 Å². The van der Waals surface area contributed by atoms with Crippen LogP contribution >= 0.6 is 0 Å². The van der Waals surface area contributed by atoms with E-state index in [-0.39, 0.29) is 30.2 Å². The molecular weight excluding hydrogens is 232 g/mol. The van der Waals surface area contributed by atoms with E-state index in [2.05, 4.69) is 0 Å². The molecule has 0 N–H and O–H groups in total. The molecule has 1 heterocycles. The monoisotopic (exact) mass is 250 g/mol. The molecule has 4 heteroatoms. The minimum Gasteiger partial charge on any atom is -0.370 e. The molecule has 2 rings (SSSR count). The first-order chi connectivity index (χ1) is 8.19. The molecule has 98 valence electrons. The summed E-state index contributed by atoms with van der Waals surface area (Å²) in [7, 11) is 0. The Labute approximate surface area is 106 Å². The van der Waals surface area contributed by atoms with Gasteiger partial charge in [-0.25, -0.2) is 0 Å². The molecule has 1 aliphatic heterocycles. The number of ketones is 3. The molecule has 2 atom stereocenters. The van der Waals surface area contributed by atoms with Gasteiger partial charge in [-0.3, -0.25) is 14.4 Å². The van der Waals surface area contributed by atoms with Crippen LogP contribution in [0.15, 0.2) is 11.6 Å². The first kappa shape index (κ1) is 13.1. The van der Waals surface area contributed by atoms with Gasteiger partial charge in [0.05, 0.1) is 11.7 Å². The SMILES string of the molecule is CC(=O)[C@]12C=C(C)C(=O)CC1OC(C)(C)CC2=O. The van der Waals surface area contributed by atoms with Gasteiger partial charge in [0.1, 0.15) is 11.2 Å². The quantitative estimate of drug-likeness (QED) is 0.663. The summed E-state index contributed by atoms with van der Waals surface area (Å²) in [5, 5.41) is 0. The van der Waals surface area contributed by atoms with E-state index in [4.69, 9.17) is 4.74 Å². The van der Waals surface area contributed by atoms with E-state index in [1.807, 2.05) is 13.8 Å². The number of rotatable bonds is 1. The molecule has 4 nitrogen and oxygen atoms in total. The Bertz CT molecular complexity index is 472. The third-order valence-electron chi connectivity index (χ3n) is 3.85. The first-order valence-electron chi connectivity index (χ1n) is 6.14. The lowest BCUT2D eigenvalue weighted by Crippen LogP contribution is -2.59. The average Bonchev–Trinajstić information content (AvgIpc) is 2.19. The van der Waals surface area contributed by atoms with Crippen LogP contribution < -0.4 is 0 Å². The van der Waals surface area contributed by atoms with Crippen molar-refractivity contribution in [2.75, 3.05) is 0 Å². The molecule has 0 amide bonds. The minimum absolute atomic E-state index is 0.0534. The highest BCUT2D eigenvalue weighted by molar-refractivity contribution is 6.13. The summed E-state index contributed by atoms with van der Waals surface area (Å²) >= 11 is 0. The summed E-state index contributed by atoms with van der Waals surface area (Å²) in [5.41, 5.74) is -1.37. The third kappa shape index (κ3) is 1.75. The highest BCUT2D eigenvalue weighted by Gasteiger charge is 2.57. The average molecular weight is 250 g/mol. The molecule has 0 saturated carbocycles. The van der Waals surface area contributed by atoms with Gasteiger partial charge in [-0.05, 0) is 33.3 Å². The van der Waals surface area contributed by atoms with E-state index < -0.39 is 17.1 Å². The van der Waals surface area contributed by atoms with Crippen molar-refractivity contribution in [1.82, 2.24) is 0 Å². The lowest BCUT2D eigenvalue weighted by Gasteiger charge is -2.47. The van der Waals surface area contributed by atoms with Crippen LogP contribution in [-0.2, 0) is 19.1 Å². The van der Waals surface area contributed by atoms with Gasteiger partial charge in [-0.1, -0.05) is 6.08 Å². The lowest BCUT2D eigenvalue weighted by molar-refractivity contribution is -0.180. The van der Waals surface area contributed by atoms with Crippen LogP contribution in [-0.4, -0.2) is 29.1 Å². The van der Waals surface area contributed by atoms with Crippen LogP contribution in [0.2, 0.25) is 0 Å². The summed E-state index contributed by atoms with van der Waals surface area (Å²) in [6.45, 7) is 6.66. The molecule has 1 aliphatic carbocycles. The summed E-state index contributed by atoms with van der Waals surface area (Å²) in [5.74, 6) is -0.426. The van der Waals surface area contributed by atoms with Gasteiger partial charge in [-0.2, -0.15) is 0 Å². The van der Waals surface area contributed by atoms with Gasteiger partial charge in [0.2, 0.25) is 0 Å². The minimum atomic E-state index is -1.24. The number of fused-ring (bicyclic) bond motifs is 1. The molecule has 0 spiro atoms. The Balaban J connectivity index is 2.56. The van der Waals surface area contributed by atoms with Crippen LogP contribution in [0.3, 0.4) is 0 Å². The van der Waals surface area contributed by atoms with Crippen molar-refractivity contribution in [3.05, 3.63) is 11.6 Å². The number of hydrogen-bond acceptors (Lipinski definition) is 4. The zero-order chi connectivity index (χ0) is 13.7. The van der Waals surface area contributed by atoms with Gasteiger partial charge in [0.25, 0.3) is 0 Å². The Morgan fingerprint density at radius 2 is 2.00 bits per heavy atom. The van der Waals surface area contributed by atoms with E-state index in [1.165, 1.54) is 13.0 Å². The van der Waals surface area contributed by atoms with Crippen molar-refractivity contribution in [2.45, 2.75) is 52.2 Å². The van der Waals surface area contributed by atoms with Crippen LogP contribution in [0.25, 0.3) is 0 Å². The highest BCUT2D eigenvalue weighted by Crippen LogP contribution is 2.45. The molecule has 0 aromatic carbocycles. The van der Waals surface area contributed by atoms with E-state index in [0.717, 1.165) is 0 Å². The van der Waals surface area contributed by atoms with Crippen LogP contribution in [0.4, 0.5) is 0 Å². The van der Waals surface area contributed by atoms with E-state index in [1.54, 1.807) is 6.92 Å². The number of hydrogen-bond donors (Lipinski definition) is 0. The highest BCUT2D eigenvalue weighted by atomic mass is 16.5. The molecule has 0 bridgehead atoms. The molecule has 0 radical (unpaired) electrons. The van der Waals surface area contributed by atoms with Crippen molar-refractivity contribution in [2.24, 2.45) is 5.41 Å². The van der Waals surface area contributed by atoms with Crippen LogP contribution in [0.1, 0.15) is 40.5 Å². The fraction of sp³-hybridized carbons (Fsp3) is 0.643. The molecular formula is C14H18O4. The predicted octanol–water partition coefficient (Wildman–Crippen LogP) is 1.62. The Morgan fingerprint density at radius 1 is 1.39 bits per heavy atom. The second-order valence-electron chi connectivity index (χ2n) is 5.85. The Hall–Kier alpha value is -1.29. The van der Waals surface area contributed by atoms with Gasteiger partial charge in [-0.15, -0.1) is 0 Å². The fourth-order valence-corrected chi connectivity index (χ4v) is 2.88. The molecule has 18 heavy (non-hydrogen) atoms. The first-order valence-corrected chi connectivity index (χ1v) is 6.14. The number of carbonyl (C=O) groups excluding carboxylic acids is 3. The van der Waals surface area contributed by atoms with Gasteiger partial charge < -0.3 is 4.74 Å². The van der Waals surface area contributed by atoms with Crippen molar-refractivity contribution in [3.63, 3.8) is 0 Å². The molecule has 0 aromatic rings. The second kappa shape index (κ2) is 3.85. The maximum Gasteiger partial charge on any atom is 0.160 e. The van der Waals surface area contributed by atoms with Gasteiger partial charge >= 0.3 is 0 Å². The lowest BCUT2D eigenvalue weighted by atomic mass is 9.64. The second-order valence-corrected chi connectivity index (χ2v) is 5.85. The topological polar surface area (TPSA) is 60.4 Å². The molecule has 2 aliphatic rings. The van der Waals surface area contributed by atoms with Crippen molar-refractivity contribution < 1.29 is 19.1 Å². The molecule has 0 aromatic heterocycles. The Kier molecular flexibility index (Phi) is 2.81. The molecule has 1 unspecified atom stereocenters. The maximum absolute atomic E-state index is 12.4. The Morgan fingerprint density at radius 3 is 2.56 bits per heavy atom. The van der Waals surface area contributed by atoms with Crippen molar-refractivity contribution in [3.8, 4) is 0 Å². The van der Waals surface area contributed by atoms with Crippen LogP contribution in [0.5, 0.6) is 0 Å². The van der Waals surface area contributed by atoms with Crippen LogP contribution in [0, 0.1) is 5.41 Å². The summed E-state index contributed by atoms with van der Waals surface area (Å²) in [6, 6.07) is 0. The van der Waals surface area contributed by atoms with E-state index in [9.17, 15) is 14.4 Å². The third-order valence-corrected chi connectivity index (χ3v) is 3.85. The number of ether oxygens (including phenoxy) is 1. The van der Waals surface area contributed by atoms with E-state index in [0.29, 0.717) is 5.57 Å². The number of carbonyl (C=O) groups is 3. The molecule has 1 fully saturated rings. The largest absolute Gasteiger partial charge is 0.370 e. The van der Waals surface area contributed by atoms with E-state index >= 15 is 0 Å². The predicted molar refractivity (Wildman–Crippen MR) is 65.1 cm³/mol. The summed E-state index contributed by atoms with van der Waals surface area (Å²) in [6.07, 6.45) is 1.17. The van der Waals surface area contributed by atoms with Crippen molar-refractivity contribution in [1.29, 1.82) is 0 Å². The van der Waals surface area contributed by atoms with Crippen molar-refractivity contribution >= 4 is 17.3 Å². The number of allylic oxidation sites excluding steroid dienone is 1. The zero-order valence-electron chi connectivity index (χ0n) is 11.2. The fourth-order valence-electron chi connectivity index (χ4n) is 2.88. The maximum atomic E-state index is 12.4. The van der Waals surface area contributed by atoms with Gasteiger partial charge in [0, 0.05) is 12.8 Å². The zero-order valence-corrected chi connectivity index (χ0v) is 11.2. The summed E-state index contributed by atoms with van der Waals surface area (Å²) in [4.78, 5) is 36.1. The molecule has 1 saturated heterocycles. The normalized spacial score (nSPS) is 34.9. The summed E-state index contributed by atoms with van der Waals surface area (Å²) < 4.78 is 5.82. The smallest absolute Gasteiger partial charge is 0.160 e. The standard InChI is InChI=1S/C14H18O4/c1-8-6-14(9(2)15)11(17)7-13(3,4)18-12(14)5-10(8)16/h6,12H,5,7H2,1-4H3/t12?,14-/m0/s1.